The molecule has 6 heteroatoms. The van der Waals surface area contributed by atoms with Gasteiger partial charge in [-0.05, 0) is 128 Å². The van der Waals surface area contributed by atoms with E-state index in [1.54, 1.807) is 6.92 Å². The highest BCUT2D eigenvalue weighted by atomic mass is 32.2. The SMILES string of the molecule is Cc1cc(S(=O)(=O)O)c2c(c1OC(=O)c1c(C3CCCCC3)cc(C3CCCCC3)cc1C1CCCCC1)CCCC2. The molecule has 42 heavy (non-hydrogen) atoms. The second kappa shape index (κ2) is 12.8. The molecule has 0 radical (unpaired) electrons. The molecule has 3 saturated carbocycles. The molecule has 2 aromatic carbocycles. The van der Waals surface area contributed by atoms with Gasteiger partial charge >= 0.3 is 5.97 Å². The molecule has 0 amide bonds. The van der Waals surface area contributed by atoms with Crippen LogP contribution in [-0.2, 0) is 23.0 Å². The van der Waals surface area contributed by atoms with Crippen LogP contribution in [0.1, 0.15) is 171 Å². The zero-order valence-electron chi connectivity index (χ0n) is 25.4. The summed E-state index contributed by atoms with van der Waals surface area (Å²) in [6, 6.07) is 6.30. The third kappa shape index (κ3) is 6.22. The quantitative estimate of drug-likeness (QED) is 0.205. The van der Waals surface area contributed by atoms with E-state index in [0.717, 1.165) is 49.7 Å². The molecule has 1 N–H and O–H groups in total. The topological polar surface area (TPSA) is 80.7 Å². The van der Waals surface area contributed by atoms with E-state index in [1.807, 2.05) is 0 Å². The van der Waals surface area contributed by atoms with E-state index in [4.69, 9.17) is 4.74 Å². The smallest absolute Gasteiger partial charge is 0.344 e. The first-order valence-corrected chi connectivity index (χ1v) is 18.3. The van der Waals surface area contributed by atoms with Crippen LogP contribution >= 0.6 is 0 Å². The third-order valence-electron chi connectivity index (χ3n) is 10.8. The number of rotatable bonds is 6. The summed E-state index contributed by atoms with van der Waals surface area (Å²) in [6.07, 6.45) is 21.2. The fraction of sp³-hybridized carbons (Fsp3) is 0.639. The number of fused-ring (bicyclic) bond motifs is 1. The van der Waals surface area contributed by atoms with Gasteiger partial charge in [-0.25, -0.2) is 4.79 Å². The third-order valence-corrected chi connectivity index (χ3v) is 11.7. The van der Waals surface area contributed by atoms with Gasteiger partial charge < -0.3 is 4.74 Å². The predicted octanol–water partition coefficient (Wildman–Crippen LogP) is 9.48. The molecule has 0 saturated heterocycles. The molecular weight excluding hydrogens is 544 g/mol. The number of hydrogen-bond donors (Lipinski definition) is 1. The number of esters is 1. The van der Waals surface area contributed by atoms with Crippen molar-refractivity contribution >= 4 is 16.1 Å². The van der Waals surface area contributed by atoms with E-state index in [1.165, 1.54) is 93.4 Å². The van der Waals surface area contributed by atoms with E-state index in [2.05, 4.69) is 12.1 Å². The number of benzene rings is 2. The molecular formula is C36H48O5S. The van der Waals surface area contributed by atoms with Crippen LogP contribution in [0, 0.1) is 6.92 Å². The Bertz CT molecular complexity index is 1370. The maximum atomic E-state index is 14.6. The van der Waals surface area contributed by atoms with E-state index in [0.29, 0.717) is 47.5 Å². The van der Waals surface area contributed by atoms with Crippen LogP contribution in [0.3, 0.4) is 0 Å². The first-order valence-electron chi connectivity index (χ1n) is 16.8. The second-order valence-corrected chi connectivity index (χ2v) is 15.0. The summed E-state index contributed by atoms with van der Waals surface area (Å²) < 4.78 is 40.9. The van der Waals surface area contributed by atoms with Crippen LogP contribution in [0.2, 0.25) is 0 Å². The van der Waals surface area contributed by atoms with Gasteiger partial charge in [0.25, 0.3) is 10.1 Å². The Morgan fingerprint density at radius 2 is 1.17 bits per heavy atom. The summed E-state index contributed by atoms with van der Waals surface area (Å²) in [5.74, 6) is 1.56. The van der Waals surface area contributed by atoms with Gasteiger partial charge in [0.1, 0.15) is 5.75 Å². The van der Waals surface area contributed by atoms with Crippen molar-refractivity contribution in [2.24, 2.45) is 0 Å². The van der Waals surface area contributed by atoms with Crippen molar-refractivity contribution in [3.8, 4) is 5.75 Å². The number of aryl methyl sites for hydroxylation is 1. The molecule has 228 valence electrons. The van der Waals surface area contributed by atoms with Crippen molar-refractivity contribution in [2.45, 2.75) is 152 Å². The van der Waals surface area contributed by atoms with Gasteiger partial charge in [0.05, 0.1) is 10.5 Å². The van der Waals surface area contributed by atoms with Crippen molar-refractivity contribution < 1.29 is 22.5 Å². The molecule has 0 spiro atoms. The average molecular weight is 593 g/mol. The largest absolute Gasteiger partial charge is 0.422 e. The lowest BCUT2D eigenvalue weighted by Gasteiger charge is -2.32. The summed E-state index contributed by atoms with van der Waals surface area (Å²) >= 11 is 0. The Kier molecular flexibility index (Phi) is 9.12. The van der Waals surface area contributed by atoms with Crippen molar-refractivity contribution in [3.05, 3.63) is 57.1 Å². The maximum Gasteiger partial charge on any atom is 0.344 e. The van der Waals surface area contributed by atoms with Gasteiger partial charge in [0, 0.05) is 0 Å². The summed E-state index contributed by atoms with van der Waals surface area (Å²) in [4.78, 5) is 14.5. The Labute approximate surface area is 252 Å². The molecule has 5 nitrogen and oxygen atoms in total. The Hall–Kier alpha value is -2.18. The van der Waals surface area contributed by atoms with Crippen LogP contribution in [0.25, 0.3) is 0 Å². The van der Waals surface area contributed by atoms with Gasteiger partial charge in [-0.1, -0.05) is 69.9 Å². The van der Waals surface area contributed by atoms with Crippen LogP contribution in [0.4, 0.5) is 0 Å². The highest BCUT2D eigenvalue weighted by Crippen LogP contribution is 2.45. The fourth-order valence-corrected chi connectivity index (χ4v) is 9.48. The lowest BCUT2D eigenvalue weighted by atomic mass is 9.73. The average Bonchev–Trinajstić information content (AvgIpc) is 3.02. The van der Waals surface area contributed by atoms with E-state index >= 15 is 0 Å². The highest BCUT2D eigenvalue weighted by molar-refractivity contribution is 7.85. The van der Waals surface area contributed by atoms with Crippen molar-refractivity contribution in [2.75, 3.05) is 0 Å². The molecule has 0 atom stereocenters. The monoisotopic (exact) mass is 592 g/mol. The van der Waals surface area contributed by atoms with Gasteiger partial charge in [-0.2, -0.15) is 8.42 Å². The minimum atomic E-state index is -4.36. The molecule has 0 bridgehead atoms. The first-order chi connectivity index (χ1) is 20.3. The molecule has 4 aliphatic carbocycles. The molecule has 2 aromatic rings. The maximum absolute atomic E-state index is 14.6. The fourth-order valence-electron chi connectivity index (χ4n) is 8.62. The standard InChI is InChI=1S/C36H48O5S/c1-24-21-33(42(38,39)40)29-19-11-12-20-30(29)35(24)41-36(37)34-31(26-15-7-3-8-16-26)22-28(25-13-5-2-6-14-25)23-32(34)27-17-9-4-10-18-27/h21-23,25-27H,2-20H2,1H3,(H,38,39,40). The van der Waals surface area contributed by atoms with Crippen LogP contribution < -0.4 is 4.74 Å². The molecule has 0 aromatic heterocycles. The number of carbonyl (C=O) groups excluding carboxylic acids is 1. The predicted molar refractivity (Wildman–Crippen MR) is 167 cm³/mol. The first kappa shape index (κ1) is 29.9. The molecule has 0 heterocycles. The van der Waals surface area contributed by atoms with Gasteiger partial charge in [0.2, 0.25) is 0 Å². The minimum absolute atomic E-state index is 0.0304. The number of ether oxygens (including phenoxy) is 1. The normalized spacial score (nSPS) is 21.2. The van der Waals surface area contributed by atoms with Crippen molar-refractivity contribution in [1.29, 1.82) is 0 Å². The Morgan fingerprint density at radius 3 is 1.67 bits per heavy atom. The number of carbonyl (C=O) groups is 1. The molecule has 6 rings (SSSR count). The van der Waals surface area contributed by atoms with Gasteiger partial charge in [-0.15, -0.1) is 0 Å². The lowest BCUT2D eigenvalue weighted by Crippen LogP contribution is -2.22. The highest BCUT2D eigenvalue weighted by Gasteiger charge is 2.33. The summed E-state index contributed by atoms with van der Waals surface area (Å²) in [5.41, 5.74) is 6.65. The van der Waals surface area contributed by atoms with Crippen LogP contribution in [-0.4, -0.2) is 18.9 Å². The minimum Gasteiger partial charge on any atom is -0.422 e. The summed E-state index contributed by atoms with van der Waals surface area (Å²) in [5, 5.41) is 0. The van der Waals surface area contributed by atoms with Crippen molar-refractivity contribution in [3.63, 3.8) is 0 Å². The van der Waals surface area contributed by atoms with Gasteiger partial charge in [0.15, 0.2) is 0 Å². The van der Waals surface area contributed by atoms with Crippen LogP contribution in [0.15, 0.2) is 23.1 Å². The van der Waals surface area contributed by atoms with E-state index < -0.39 is 10.1 Å². The number of hydrogen-bond acceptors (Lipinski definition) is 4. The second-order valence-electron chi connectivity index (χ2n) is 13.6. The lowest BCUT2D eigenvalue weighted by molar-refractivity contribution is 0.0727. The Balaban J connectivity index is 1.47. The molecule has 0 aliphatic heterocycles. The Morgan fingerprint density at radius 1 is 0.690 bits per heavy atom. The zero-order valence-corrected chi connectivity index (χ0v) is 26.2. The molecule has 3 fully saturated rings. The van der Waals surface area contributed by atoms with Gasteiger partial charge in [-0.3, -0.25) is 4.55 Å². The molecule has 0 unspecified atom stereocenters. The van der Waals surface area contributed by atoms with E-state index in [9.17, 15) is 17.8 Å². The molecule has 4 aliphatic rings. The summed E-state index contributed by atoms with van der Waals surface area (Å²) in [6.45, 7) is 1.79. The van der Waals surface area contributed by atoms with Crippen LogP contribution in [0.5, 0.6) is 5.75 Å². The summed E-state index contributed by atoms with van der Waals surface area (Å²) in [7, 11) is -4.36. The van der Waals surface area contributed by atoms with Crippen molar-refractivity contribution in [1.82, 2.24) is 0 Å². The zero-order chi connectivity index (χ0) is 29.3. The van der Waals surface area contributed by atoms with E-state index in [-0.39, 0.29) is 10.9 Å².